The Balaban J connectivity index is 1.65. The fraction of sp³-hybridized carbons (Fsp3) is 0.571. The molecule has 0 aliphatic rings. The molecule has 0 fully saturated rings. The molecule has 0 amide bonds. The van der Waals surface area contributed by atoms with E-state index in [2.05, 4.69) is 51.1 Å². The molecule has 0 aliphatic heterocycles. The van der Waals surface area contributed by atoms with Crippen molar-refractivity contribution in [2.75, 3.05) is 0 Å². The third-order valence-corrected chi connectivity index (χ3v) is 9.04. The van der Waals surface area contributed by atoms with E-state index < -0.39 is 9.84 Å². The molecule has 0 aromatic heterocycles. The molecular weight excluding hydrogens is 400 g/mol. The zero-order valence-corrected chi connectivity index (χ0v) is 20.6. The van der Waals surface area contributed by atoms with Crippen molar-refractivity contribution in [1.82, 2.24) is 0 Å². The van der Waals surface area contributed by atoms with Crippen LogP contribution < -0.4 is 0 Å². The van der Waals surface area contributed by atoms with E-state index in [1.807, 2.05) is 18.2 Å². The lowest BCUT2D eigenvalue weighted by Gasteiger charge is -2.23. The summed E-state index contributed by atoms with van der Waals surface area (Å²) in [5.74, 6) is 0.929. The van der Waals surface area contributed by atoms with Gasteiger partial charge in [-0.05, 0) is 42.4 Å². The monoisotopic (exact) mass is 442 g/mol. The van der Waals surface area contributed by atoms with Gasteiger partial charge in [0.2, 0.25) is 0 Å². The summed E-state index contributed by atoms with van der Waals surface area (Å²) in [6.07, 6.45) is 11.3. The summed E-state index contributed by atoms with van der Waals surface area (Å²) < 4.78 is 26.3. The zero-order valence-electron chi connectivity index (χ0n) is 19.8. The van der Waals surface area contributed by atoms with Crippen molar-refractivity contribution in [2.24, 2.45) is 11.8 Å². The molecule has 2 aromatic carbocycles. The Hall–Kier alpha value is -1.61. The molecule has 31 heavy (non-hydrogen) atoms. The van der Waals surface area contributed by atoms with Crippen LogP contribution in [0.5, 0.6) is 0 Å². The van der Waals surface area contributed by atoms with Crippen LogP contribution >= 0.6 is 0 Å². The van der Waals surface area contributed by atoms with Crippen molar-refractivity contribution in [3.05, 3.63) is 66.2 Å². The molecule has 0 radical (unpaired) electrons. The van der Waals surface area contributed by atoms with E-state index in [4.69, 9.17) is 0 Å². The first kappa shape index (κ1) is 25.6. The summed E-state index contributed by atoms with van der Waals surface area (Å²) >= 11 is 0. The quantitative estimate of drug-likeness (QED) is 0.263. The summed E-state index contributed by atoms with van der Waals surface area (Å²) in [7, 11) is -3.25. The van der Waals surface area contributed by atoms with Crippen LogP contribution in [0.4, 0.5) is 0 Å². The van der Waals surface area contributed by atoms with Crippen LogP contribution in [-0.2, 0) is 16.3 Å². The maximum absolute atomic E-state index is 13.1. The molecule has 0 saturated heterocycles. The third kappa shape index (κ3) is 8.80. The summed E-state index contributed by atoms with van der Waals surface area (Å²) in [4.78, 5) is 0.477. The van der Waals surface area contributed by atoms with Crippen LogP contribution in [-0.4, -0.2) is 13.7 Å². The average Bonchev–Trinajstić information content (AvgIpc) is 2.78. The minimum atomic E-state index is -3.25. The second kappa shape index (κ2) is 13.7. The smallest absolute Gasteiger partial charge is 0.181 e. The van der Waals surface area contributed by atoms with Gasteiger partial charge in [0.05, 0.1) is 10.1 Å². The first-order valence-corrected chi connectivity index (χ1v) is 13.8. The SMILES string of the molecule is CC[C@H](C)C(CCCCCCCC[C@H](C)Cc1ccccc1)S(=O)(=O)c1ccccc1. The van der Waals surface area contributed by atoms with Crippen LogP contribution in [0.2, 0.25) is 0 Å². The molecule has 1 unspecified atom stereocenters. The lowest BCUT2D eigenvalue weighted by atomic mass is 9.95. The van der Waals surface area contributed by atoms with Crippen LogP contribution in [0.1, 0.15) is 84.1 Å². The summed E-state index contributed by atoms with van der Waals surface area (Å²) in [6, 6.07) is 19.8. The second-order valence-corrected chi connectivity index (χ2v) is 11.4. The number of benzene rings is 2. The van der Waals surface area contributed by atoms with E-state index >= 15 is 0 Å². The lowest BCUT2D eigenvalue weighted by molar-refractivity contribution is 0.450. The minimum absolute atomic E-state index is 0.191. The van der Waals surface area contributed by atoms with Gasteiger partial charge in [0.1, 0.15) is 0 Å². The van der Waals surface area contributed by atoms with E-state index in [-0.39, 0.29) is 11.2 Å². The lowest BCUT2D eigenvalue weighted by Crippen LogP contribution is -2.28. The molecule has 0 spiro atoms. The first-order chi connectivity index (χ1) is 14.9. The van der Waals surface area contributed by atoms with Gasteiger partial charge < -0.3 is 0 Å². The van der Waals surface area contributed by atoms with Crippen molar-refractivity contribution in [3.63, 3.8) is 0 Å². The van der Waals surface area contributed by atoms with Crippen LogP contribution in [0.25, 0.3) is 0 Å². The molecule has 3 heteroatoms. The van der Waals surface area contributed by atoms with Crippen molar-refractivity contribution in [2.45, 2.75) is 95.1 Å². The molecule has 0 saturated carbocycles. The van der Waals surface area contributed by atoms with E-state index in [0.29, 0.717) is 4.90 Å². The largest absolute Gasteiger partial charge is 0.223 e. The van der Waals surface area contributed by atoms with Gasteiger partial charge in [0.25, 0.3) is 0 Å². The van der Waals surface area contributed by atoms with Crippen molar-refractivity contribution in [1.29, 1.82) is 0 Å². The topological polar surface area (TPSA) is 34.1 Å². The van der Waals surface area contributed by atoms with Gasteiger partial charge in [0, 0.05) is 0 Å². The minimum Gasteiger partial charge on any atom is -0.223 e. The molecule has 0 heterocycles. The maximum Gasteiger partial charge on any atom is 0.181 e. The summed E-state index contributed by atoms with van der Waals surface area (Å²) in [5.41, 5.74) is 1.44. The van der Waals surface area contributed by atoms with Gasteiger partial charge in [-0.1, -0.05) is 121 Å². The number of hydrogen-bond acceptors (Lipinski definition) is 2. The number of rotatable bonds is 15. The van der Waals surface area contributed by atoms with Gasteiger partial charge in [0.15, 0.2) is 9.84 Å². The Morgan fingerprint density at radius 3 is 1.81 bits per heavy atom. The van der Waals surface area contributed by atoms with Gasteiger partial charge in [-0.2, -0.15) is 0 Å². The van der Waals surface area contributed by atoms with E-state index in [1.165, 1.54) is 44.1 Å². The zero-order chi connectivity index (χ0) is 22.5. The Kier molecular flexibility index (Phi) is 11.4. The predicted molar refractivity (Wildman–Crippen MR) is 133 cm³/mol. The van der Waals surface area contributed by atoms with Crippen LogP contribution in [0, 0.1) is 11.8 Å². The predicted octanol–water partition coefficient (Wildman–Crippen LogP) is 7.87. The highest BCUT2D eigenvalue weighted by Crippen LogP contribution is 2.28. The number of hydrogen-bond donors (Lipinski definition) is 0. The Morgan fingerprint density at radius 1 is 0.710 bits per heavy atom. The molecule has 0 N–H and O–H groups in total. The molecule has 2 aromatic rings. The average molecular weight is 443 g/mol. The molecular formula is C28H42O2S. The standard InChI is InChI=1S/C28H42O2S/c1-4-25(3)28(31(29,30)27-20-14-10-15-21-27)22-16-8-6-5-7-11-17-24(2)23-26-18-12-9-13-19-26/h9-10,12-15,18-21,24-25,28H,4-8,11,16-17,22-23H2,1-3H3/t24-,25-,28?/m0/s1. The normalized spacial score (nSPS) is 14.8. The number of sulfone groups is 1. The molecule has 2 rings (SSSR count). The molecule has 0 aliphatic carbocycles. The summed E-state index contributed by atoms with van der Waals surface area (Å²) in [5, 5.41) is -0.265. The first-order valence-electron chi connectivity index (χ1n) is 12.3. The molecule has 3 atom stereocenters. The Bertz CT molecular complexity index is 815. The summed E-state index contributed by atoms with van der Waals surface area (Å²) in [6.45, 7) is 6.54. The van der Waals surface area contributed by atoms with Crippen LogP contribution in [0.3, 0.4) is 0 Å². The van der Waals surface area contributed by atoms with Gasteiger partial charge in [-0.25, -0.2) is 8.42 Å². The van der Waals surface area contributed by atoms with Crippen molar-refractivity contribution in [3.8, 4) is 0 Å². The highest BCUT2D eigenvalue weighted by molar-refractivity contribution is 7.92. The van der Waals surface area contributed by atoms with E-state index in [9.17, 15) is 8.42 Å². The molecule has 172 valence electrons. The number of unbranched alkanes of at least 4 members (excludes halogenated alkanes) is 5. The highest BCUT2D eigenvalue weighted by atomic mass is 32.2. The van der Waals surface area contributed by atoms with Crippen molar-refractivity contribution < 1.29 is 8.42 Å². The Labute approximate surface area is 191 Å². The maximum atomic E-state index is 13.1. The Morgan fingerprint density at radius 2 is 1.23 bits per heavy atom. The fourth-order valence-corrected chi connectivity index (χ4v) is 6.62. The van der Waals surface area contributed by atoms with Gasteiger partial charge in [-0.3, -0.25) is 0 Å². The van der Waals surface area contributed by atoms with Crippen molar-refractivity contribution >= 4 is 9.84 Å². The second-order valence-electron chi connectivity index (χ2n) is 9.28. The van der Waals surface area contributed by atoms with E-state index in [0.717, 1.165) is 31.6 Å². The van der Waals surface area contributed by atoms with Crippen LogP contribution in [0.15, 0.2) is 65.6 Å². The molecule has 0 bridgehead atoms. The fourth-order valence-electron chi connectivity index (χ4n) is 4.46. The molecule has 2 nitrogen and oxygen atoms in total. The third-order valence-electron chi connectivity index (χ3n) is 6.61. The van der Waals surface area contributed by atoms with Gasteiger partial charge in [-0.15, -0.1) is 0 Å². The van der Waals surface area contributed by atoms with Gasteiger partial charge >= 0.3 is 0 Å². The van der Waals surface area contributed by atoms with E-state index in [1.54, 1.807) is 12.1 Å². The highest BCUT2D eigenvalue weighted by Gasteiger charge is 2.30.